The van der Waals surface area contributed by atoms with Crippen molar-refractivity contribution < 1.29 is 19.1 Å². The largest absolute Gasteiger partial charge is 0.495 e. The average Bonchev–Trinajstić information content (AvgIpc) is 2.97. The average molecular weight is 607 g/mol. The smallest absolute Gasteiger partial charge is 0.272 e. The number of anilines is 2. The topological polar surface area (TPSA) is 96.5 Å². The molecule has 0 bridgehead atoms. The predicted octanol–water partition coefficient (Wildman–Crippen LogP) is 7.14. The third kappa shape index (κ3) is 8.62. The molecule has 0 aliphatic heterocycles. The number of nitrogens with one attached hydrogen (secondary N) is 3. The number of hydrogen-bond donors (Lipinski definition) is 3. The second kappa shape index (κ2) is 14.4. The van der Waals surface area contributed by atoms with Crippen molar-refractivity contribution in [1.82, 2.24) is 5.32 Å². The van der Waals surface area contributed by atoms with Gasteiger partial charge in [0.25, 0.3) is 11.8 Å². The lowest BCUT2D eigenvalue weighted by Gasteiger charge is -2.13. The van der Waals surface area contributed by atoms with Crippen molar-refractivity contribution in [1.29, 1.82) is 0 Å². The van der Waals surface area contributed by atoms with Crippen molar-refractivity contribution in [3.05, 3.63) is 124 Å². The Morgan fingerprint density at radius 2 is 1.61 bits per heavy atom. The van der Waals surface area contributed by atoms with E-state index in [2.05, 4.69) is 16.0 Å². The van der Waals surface area contributed by atoms with E-state index in [0.29, 0.717) is 38.3 Å². The van der Waals surface area contributed by atoms with Crippen LogP contribution in [-0.4, -0.2) is 30.6 Å². The molecule has 0 aromatic heterocycles. The first-order chi connectivity index (χ1) is 19.8. The molecule has 0 aliphatic carbocycles. The van der Waals surface area contributed by atoms with Gasteiger partial charge in [-0.2, -0.15) is 0 Å². The molecule has 4 aromatic carbocycles. The lowest BCUT2D eigenvalue weighted by atomic mass is 10.1. The van der Waals surface area contributed by atoms with E-state index in [0.717, 1.165) is 4.90 Å². The minimum Gasteiger partial charge on any atom is -0.495 e. The molecule has 0 aliphatic rings. The Bertz CT molecular complexity index is 1600. The molecular weight excluding hydrogens is 581 g/mol. The fourth-order valence-corrected chi connectivity index (χ4v) is 4.78. The summed E-state index contributed by atoms with van der Waals surface area (Å²) in [6.07, 6.45) is 1.52. The first-order valence-electron chi connectivity index (χ1n) is 12.3. The number of benzene rings is 4. The molecule has 0 unspecified atom stereocenters. The second-order valence-electron chi connectivity index (χ2n) is 8.56. The number of carbonyl (C=O) groups excluding carboxylic acids is 3. The van der Waals surface area contributed by atoms with Crippen molar-refractivity contribution in [3.8, 4) is 5.75 Å². The number of ether oxygens (including phenoxy) is 1. The summed E-state index contributed by atoms with van der Waals surface area (Å²) in [7, 11) is 1.51. The number of rotatable bonds is 10. The zero-order valence-corrected chi connectivity index (χ0v) is 24.1. The van der Waals surface area contributed by atoms with Crippen LogP contribution >= 0.6 is 35.0 Å². The van der Waals surface area contributed by atoms with E-state index in [1.54, 1.807) is 91.0 Å². The maximum Gasteiger partial charge on any atom is 0.272 e. The van der Waals surface area contributed by atoms with E-state index in [4.69, 9.17) is 27.9 Å². The molecule has 208 valence electrons. The molecule has 0 radical (unpaired) electrons. The summed E-state index contributed by atoms with van der Waals surface area (Å²) in [6, 6.07) is 27.6. The summed E-state index contributed by atoms with van der Waals surface area (Å²) in [6.45, 7) is 0. The normalized spacial score (nSPS) is 11.0. The molecule has 0 fully saturated rings. The van der Waals surface area contributed by atoms with E-state index in [1.807, 2.05) is 6.07 Å². The zero-order valence-electron chi connectivity index (χ0n) is 21.8. The molecule has 3 amide bonds. The fourth-order valence-electron chi connectivity index (χ4n) is 3.67. The monoisotopic (exact) mass is 605 g/mol. The van der Waals surface area contributed by atoms with Gasteiger partial charge in [0, 0.05) is 26.2 Å². The van der Waals surface area contributed by atoms with Crippen LogP contribution in [0.25, 0.3) is 6.08 Å². The maximum absolute atomic E-state index is 13.3. The highest BCUT2D eigenvalue weighted by Crippen LogP contribution is 2.28. The summed E-state index contributed by atoms with van der Waals surface area (Å²) in [5, 5.41) is 9.21. The van der Waals surface area contributed by atoms with Gasteiger partial charge in [0.05, 0.1) is 18.6 Å². The van der Waals surface area contributed by atoms with Crippen molar-refractivity contribution in [2.24, 2.45) is 0 Å². The van der Waals surface area contributed by atoms with Crippen molar-refractivity contribution in [2.75, 3.05) is 23.5 Å². The van der Waals surface area contributed by atoms with Gasteiger partial charge in [0.15, 0.2) is 0 Å². The second-order valence-corrected chi connectivity index (χ2v) is 10.5. The van der Waals surface area contributed by atoms with E-state index in [9.17, 15) is 14.4 Å². The van der Waals surface area contributed by atoms with Crippen LogP contribution in [-0.2, 0) is 9.59 Å². The van der Waals surface area contributed by atoms with Crippen LogP contribution in [0.5, 0.6) is 5.75 Å². The first-order valence-corrected chi connectivity index (χ1v) is 14.1. The Morgan fingerprint density at radius 3 is 2.37 bits per heavy atom. The van der Waals surface area contributed by atoms with Gasteiger partial charge >= 0.3 is 0 Å². The Morgan fingerprint density at radius 1 is 0.854 bits per heavy atom. The van der Waals surface area contributed by atoms with E-state index in [1.165, 1.54) is 24.9 Å². The van der Waals surface area contributed by atoms with Gasteiger partial charge < -0.3 is 20.7 Å². The summed E-state index contributed by atoms with van der Waals surface area (Å²) in [5.41, 5.74) is 1.94. The van der Waals surface area contributed by atoms with E-state index < -0.39 is 11.8 Å². The Kier molecular flexibility index (Phi) is 10.5. The van der Waals surface area contributed by atoms with Crippen LogP contribution in [0.15, 0.2) is 108 Å². The van der Waals surface area contributed by atoms with Gasteiger partial charge in [-0.15, -0.1) is 11.8 Å². The third-order valence-electron chi connectivity index (χ3n) is 5.63. The summed E-state index contributed by atoms with van der Waals surface area (Å²) in [4.78, 5) is 39.5. The highest BCUT2D eigenvalue weighted by Gasteiger charge is 2.16. The van der Waals surface area contributed by atoms with E-state index >= 15 is 0 Å². The van der Waals surface area contributed by atoms with Crippen LogP contribution in [0, 0.1) is 0 Å². The van der Waals surface area contributed by atoms with Crippen LogP contribution < -0.4 is 20.7 Å². The minimum atomic E-state index is -0.540. The highest BCUT2D eigenvalue weighted by atomic mass is 35.5. The quantitative estimate of drug-likeness (QED) is 0.132. The molecule has 0 spiro atoms. The lowest BCUT2D eigenvalue weighted by molar-refractivity contribution is -0.114. The summed E-state index contributed by atoms with van der Waals surface area (Å²) >= 11 is 13.6. The van der Waals surface area contributed by atoms with Gasteiger partial charge in [0.1, 0.15) is 11.4 Å². The van der Waals surface area contributed by atoms with Crippen LogP contribution in [0.1, 0.15) is 15.9 Å². The van der Waals surface area contributed by atoms with E-state index in [-0.39, 0.29) is 17.4 Å². The van der Waals surface area contributed by atoms with Crippen molar-refractivity contribution in [2.45, 2.75) is 4.90 Å². The highest BCUT2D eigenvalue weighted by molar-refractivity contribution is 8.00. The molecule has 7 nitrogen and oxygen atoms in total. The Labute approximate surface area is 251 Å². The predicted molar refractivity (Wildman–Crippen MR) is 166 cm³/mol. The fraction of sp³-hybridized carbons (Fsp3) is 0.0645. The molecule has 10 heteroatoms. The third-order valence-corrected chi connectivity index (χ3v) is 7.20. The van der Waals surface area contributed by atoms with Crippen molar-refractivity contribution >= 4 is 70.1 Å². The molecule has 0 heterocycles. The number of halogens is 2. The Hall–Kier alpha value is -4.24. The molecular formula is C31H25Cl2N3O4S. The summed E-state index contributed by atoms with van der Waals surface area (Å²) < 4.78 is 5.27. The van der Waals surface area contributed by atoms with Crippen LogP contribution in [0.4, 0.5) is 11.4 Å². The maximum atomic E-state index is 13.3. The standard InChI is InChI=1S/C31H25Cl2N3O4S/c1-40-28-15-14-22(32)17-26(28)35-29(37)19-41-24-12-7-11-23(18-24)34-31(39)27(16-21-10-5-6-13-25(21)33)36-30(38)20-8-3-2-4-9-20/h2-18H,19H2,1H3,(H,34,39)(H,35,37)(H,36,38)/b27-16+. The van der Waals surface area contributed by atoms with Gasteiger partial charge in [0.2, 0.25) is 5.91 Å². The number of methoxy groups -OCH3 is 1. The molecule has 0 saturated carbocycles. The Balaban J connectivity index is 1.46. The van der Waals surface area contributed by atoms with Gasteiger partial charge in [-0.05, 0) is 66.2 Å². The van der Waals surface area contributed by atoms with Crippen LogP contribution in [0.3, 0.4) is 0 Å². The molecule has 4 aromatic rings. The number of amides is 3. The van der Waals surface area contributed by atoms with Gasteiger partial charge in [-0.25, -0.2) is 0 Å². The molecule has 0 saturated heterocycles. The first kappa shape index (κ1) is 29.7. The van der Waals surface area contributed by atoms with Gasteiger partial charge in [-0.1, -0.05) is 65.7 Å². The molecule has 41 heavy (non-hydrogen) atoms. The molecule has 0 atom stereocenters. The minimum absolute atomic E-state index is 0.0138. The SMILES string of the molecule is COc1ccc(Cl)cc1NC(=O)CSc1cccc(NC(=O)/C(=C\c2ccccc2Cl)NC(=O)c2ccccc2)c1. The molecule has 4 rings (SSSR count). The lowest BCUT2D eigenvalue weighted by Crippen LogP contribution is -2.30. The van der Waals surface area contributed by atoms with Gasteiger partial charge in [-0.3, -0.25) is 14.4 Å². The number of hydrogen-bond acceptors (Lipinski definition) is 5. The zero-order chi connectivity index (χ0) is 29.2. The summed E-state index contributed by atoms with van der Waals surface area (Å²) in [5.74, 6) is -0.624. The number of thioether (sulfide) groups is 1. The number of carbonyl (C=O) groups is 3. The molecule has 3 N–H and O–H groups in total. The van der Waals surface area contributed by atoms with Crippen LogP contribution in [0.2, 0.25) is 10.0 Å². The van der Waals surface area contributed by atoms with Crippen molar-refractivity contribution in [3.63, 3.8) is 0 Å².